The van der Waals surface area contributed by atoms with E-state index in [2.05, 4.69) is 32.2 Å². The Balaban J connectivity index is 2.21. The first kappa shape index (κ1) is 11.2. The highest BCUT2D eigenvalue weighted by Gasteiger charge is 2.39. The fraction of sp³-hybridized carbons (Fsp3) is 0.692. The highest BCUT2D eigenvalue weighted by atomic mass is 32.1. The molecule has 84 valence electrons. The molecule has 2 heteroatoms. The lowest BCUT2D eigenvalue weighted by Crippen LogP contribution is -2.29. The second-order valence-electron chi connectivity index (χ2n) is 5.45. The van der Waals surface area contributed by atoms with E-state index < -0.39 is 0 Å². The maximum atomic E-state index is 6.43. The predicted octanol–water partition coefficient (Wildman–Crippen LogP) is 3.88. The molecule has 1 aromatic heterocycles. The van der Waals surface area contributed by atoms with Crippen LogP contribution in [-0.4, -0.2) is 0 Å². The van der Waals surface area contributed by atoms with Crippen molar-refractivity contribution in [3.05, 3.63) is 21.9 Å². The van der Waals surface area contributed by atoms with E-state index in [4.69, 9.17) is 5.73 Å². The van der Waals surface area contributed by atoms with Crippen LogP contribution in [0.4, 0.5) is 0 Å². The van der Waals surface area contributed by atoms with Crippen molar-refractivity contribution in [3.63, 3.8) is 0 Å². The van der Waals surface area contributed by atoms with Gasteiger partial charge in [-0.05, 0) is 48.1 Å². The molecule has 0 aromatic carbocycles. The molecule has 2 atom stereocenters. The number of nitrogens with two attached hydrogens (primary N) is 1. The highest BCUT2D eigenvalue weighted by Crippen LogP contribution is 2.48. The van der Waals surface area contributed by atoms with E-state index in [1.165, 1.54) is 29.7 Å². The lowest BCUT2D eigenvalue weighted by atomic mass is 9.76. The molecule has 0 radical (unpaired) electrons. The van der Waals surface area contributed by atoms with Crippen LogP contribution in [0.15, 0.2) is 11.4 Å². The molecule has 2 rings (SSSR count). The van der Waals surface area contributed by atoms with Crippen molar-refractivity contribution < 1.29 is 0 Å². The fourth-order valence-electron chi connectivity index (χ4n) is 2.98. The van der Waals surface area contributed by atoms with Crippen molar-refractivity contribution in [2.45, 2.75) is 46.1 Å². The van der Waals surface area contributed by atoms with Crippen molar-refractivity contribution in [2.75, 3.05) is 0 Å². The maximum absolute atomic E-state index is 6.43. The van der Waals surface area contributed by atoms with E-state index in [1.54, 1.807) is 0 Å². The van der Waals surface area contributed by atoms with Crippen LogP contribution in [0.3, 0.4) is 0 Å². The zero-order chi connectivity index (χ0) is 11.1. The van der Waals surface area contributed by atoms with Gasteiger partial charge in [-0.15, -0.1) is 11.3 Å². The molecular weight excluding hydrogens is 202 g/mol. The van der Waals surface area contributed by atoms with Crippen LogP contribution < -0.4 is 5.73 Å². The molecule has 1 aromatic rings. The third-order valence-electron chi connectivity index (χ3n) is 4.03. The summed E-state index contributed by atoms with van der Waals surface area (Å²) in [5.74, 6) is 0.658. The Hall–Kier alpha value is -0.340. The standard InChI is InChI=1S/C13H21NS/c1-9-10(6-8-15-9)12(14)11-5-4-7-13(11,2)3/h6,8,11-12H,4-5,7,14H2,1-3H3. The topological polar surface area (TPSA) is 26.0 Å². The number of hydrogen-bond donors (Lipinski definition) is 1. The molecule has 0 spiro atoms. The van der Waals surface area contributed by atoms with Gasteiger partial charge in [-0.2, -0.15) is 0 Å². The van der Waals surface area contributed by atoms with E-state index in [0.29, 0.717) is 11.3 Å². The Morgan fingerprint density at radius 3 is 2.73 bits per heavy atom. The summed E-state index contributed by atoms with van der Waals surface area (Å²) in [6.07, 6.45) is 3.96. The lowest BCUT2D eigenvalue weighted by molar-refractivity contribution is 0.222. The van der Waals surface area contributed by atoms with Gasteiger partial charge in [0.1, 0.15) is 0 Å². The smallest absolute Gasteiger partial charge is 0.0339 e. The molecular formula is C13H21NS. The van der Waals surface area contributed by atoms with Gasteiger partial charge in [-0.1, -0.05) is 20.3 Å². The molecule has 1 heterocycles. The number of rotatable bonds is 2. The monoisotopic (exact) mass is 223 g/mol. The summed E-state index contributed by atoms with van der Waals surface area (Å²) in [7, 11) is 0. The van der Waals surface area contributed by atoms with Gasteiger partial charge in [0, 0.05) is 10.9 Å². The Bertz CT molecular complexity index is 340. The number of thiophene rings is 1. The minimum atomic E-state index is 0.244. The summed E-state index contributed by atoms with van der Waals surface area (Å²) in [5.41, 5.74) is 8.23. The van der Waals surface area contributed by atoms with E-state index >= 15 is 0 Å². The molecule has 2 N–H and O–H groups in total. The molecule has 15 heavy (non-hydrogen) atoms. The summed E-state index contributed by atoms with van der Waals surface area (Å²) in [4.78, 5) is 1.39. The SMILES string of the molecule is Cc1sccc1C(N)C1CCCC1(C)C. The van der Waals surface area contributed by atoms with Crippen molar-refractivity contribution in [1.82, 2.24) is 0 Å². The third kappa shape index (κ3) is 1.98. The maximum Gasteiger partial charge on any atom is 0.0339 e. The second-order valence-corrected chi connectivity index (χ2v) is 6.57. The molecule has 1 aliphatic rings. The summed E-state index contributed by atoms with van der Waals surface area (Å²) in [6, 6.07) is 2.45. The second kappa shape index (κ2) is 3.91. The minimum Gasteiger partial charge on any atom is -0.324 e. The van der Waals surface area contributed by atoms with Crippen molar-refractivity contribution >= 4 is 11.3 Å². The summed E-state index contributed by atoms with van der Waals surface area (Å²) in [5, 5.41) is 2.16. The minimum absolute atomic E-state index is 0.244. The van der Waals surface area contributed by atoms with Gasteiger partial charge < -0.3 is 5.73 Å². The van der Waals surface area contributed by atoms with Crippen molar-refractivity contribution in [2.24, 2.45) is 17.1 Å². The Kier molecular flexibility index (Phi) is 2.91. The fourth-order valence-corrected chi connectivity index (χ4v) is 3.74. The van der Waals surface area contributed by atoms with Crippen LogP contribution in [0, 0.1) is 18.3 Å². The molecule has 0 bridgehead atoms. The largest absolute Gasteiger partial charge is 0.324 e. The average Bonchev–Trinajstić information content (AvgIpc) is 2.70. The molecule has 0 saturated heterocycles. The van der Waals surface area contributed by atoms with Gasteiger partial charge in [0.05, 0.1) is 0 Å². The Labute approximate surface area is 96.7 Å². The number of aryl methyl sites for hydroxylation is 1. The number of hydrogen-bond acceptors (Lipinski definition) is 2. The molecule has 2 unspecified atom stereocenters. The first-order valence-corrected chi connectivity index (χ1v) is 6.70. The molecule has 1 saturated carbocycles. The Morgan fingerprint density at radius 1 is 1.53 bits per heavy atom. The summed E-state index contributed by atoms with van der Waals surface area (Å²) >= 11 is 1.81. The van der Waals surface area contributed by atoms with Gasteiger partial charge in [-0.3, -0.25) is 0 Å². The van der Waals surface area contributed by atoms with Gasteiger partial charge in [0.15, 0.2) is 0 Å². The predicted molar refractivity (Wildman–Crippen MR) is 67.1 cm³/mol. The average molecular weight is 223 g/mol. The van der Waals surface area contributed by atoms with Crippen LogP contribution in [0.25, 0.3) is 0 Å². The van der Waals surface area contributed by atoms with Crippen LogP contribution in [0.1, 0.15) is 49.6 Å². The van der Waals surface area contributed by atoms with Crippen molar-refractivity contribution in [3.8, 4) is 0 Å². The van der Waals surface area contributed by atoms with Crippen LogP contribution >= 0.6 is 11.3 Å². The van der Waals surface area contributed by atoms with E-state index in [-0.39, 0.29) is 6.04 Å². The van der Waals surface area contributed by atoms with Gasteiger partial charge in [-0.25, -0.2) is 0 Å². The normalized spacial score (nSPS) is 26.8. The van der Waals surface area contributed by atoms with Crippen molar-refractivity contribution in [1.29, 1.82) is 0 Å². The first-order chi connectivity index (χ1) is 7.02. The summed E-state index contributed by atoms with van der Waals surface area (Å²) in [6.45, 7) is 6.92. The van der Waals surface area contributed by atoms with Gasteiger partial charge >= 0.3 is 0 Å². The van der Waals surface area contributed by atoms with E-state index in [1.807, 2.05) is 11.3 Å². The van der Waals surface area contributed by atoms with Crippen LogP contribution in [-0.2, 0) is 0 Å². The van der Waals surface area contributed by atoms with Gasteiger partial charge in [0.2, 0.25) is 0 Å². The van der Waals surface area contributed by atoms with E-state index in [9.17, 15) is 0 Å². The Morgan fingerprint density at radius 2 is 2.27 bits per heavy atom. The molecule has 1 fully saturated rings. The summed E-state index contributed by atoms with van der Waals surface area (Å²) < 4.78 is 0. The third-order valence-corrected chi connectivity index (χ3v) is 4.89. The highest BCUT2D eigenvalue weighted by molar-refractivity contribution is 7.10. The zero-order valence-corrected chi connectivity index (χ0v) is 10.7. The molecule has 0 amide bonds. The van der Waals surface area contributed by atoms with Crippen LogP contribution in [0.2, 0.25) is 0 Å². The lowest BCUT2D eigenvalue weighted by Gasteiger charge is -2.32. The van der Waals surface area contributed by atoms with Crippen LogP contribution in [0.5, 0.6) is 0 Å². The van der Waals surface area contributed by atoms with Gasteiger partial charge in [0.25, 0.3) is 0 Å². The molecule has 1 nitrogen and oxygen atoms in total. The molecule has 0 aliphatic heterocycles. The van der Waals surface area contributed by atoms with E-state index in [0.717, 1.165) is 0 Å². The zero-order valence-electron chi connectivity index (χ0n) is 9.92. The molecule has 1 aliphatic carbocycles. The first-order valence-electron chi connectivity index (χ1n) is 5.82. The quantitative estimate of drug-likeness (QED) is 0.809.